The first-order chi connectivity index (χ1) is 7.33. The number of aromatic nitrogens is 3. The predicted octanol–water partition coefficient (Wildman–Crippen LogP) is 0.521. The molecule has 1 aromatic heterocycles. The third-order valence-electron chi connectivity index (χ3n) is 2.68. The second-order valence-electron chi connectivity index (χ2n) is 3.86. The predicted molar refractivity (Wildman–Crippen MR) is 56.6 cm³/mol. The van der Waals surface area contributed by atoms with Crippen molar-refractivity contribution in [3.63, 3.8) is 0 Å². The highest BCUT2D eigenvalue weighted by Crippen LogP contribution is 2.15. The second kappa shape index (κ2) is 4.72. The lowest BCUT2D eigenvalue weighted by Gasteiger charge is -2.17. The van der Waals surface area contributed by atoms with E-state index in [1.54, 1.807) is 0 Å². The van der Waals surface area contributed by atoms with Crippen molar-refractivity contribution in [1.29, 1.82) is 0 Å². The molecular formula is C10H18N4O. The van der Waals surface area contributed by atoms with Gasteiger partial charge in [-0.1, -0.05) is 5.21 Å². The summed E-state index contributed by atoms with van der Waals surface area (Å²) in [6.07, 6.45) is 1.01. The molecule has 0 bridgehead atoms. The molecule has 5 nitrogen and oxygen atoms in total. The van der Waals surface area contributed by atoms with Gasteiger partial charge in [0.15, 0.2) is 0 Å². The standard InChI is InChI=1S/C10H18N4O/c1-3-15-7-8(2)14-10-4-5-11-6-9(10)12-13-14/h8,11H,3-7H2,1-2H3. The fraction of sp³-hybridized carbons (Fsp3) is 0.800. The van der Waals surface area contributed by atoms with E-state index in [0.29, 0.717) is 6.61 Å². The monoisotopic (exact) mass is 210 g/mol. The Morgan fingerprint density at radius 3 is 3.27 bits per heavy atom. The first kappa shape index (κ1) is 10.6. The van der Waals surface area contributed by atoms with Gasteiger partial charge in [-0.3, -0.25) is 0 Å². The molecule has 1 aromatic rings. The first-order valence-corrected chi connectivity index (χ1v) is 5.54. The fourth-order valence-corrected chi connectivity index (χ4v) is 1.87. The van der Waals surface area contributed by atoms with Gasteiger partial charge in [0.1, 0.15) is 0 Å². The molecule has 0 aliphatic carbocycles. The van der Waals surface area contributed by atoms with Gasteiger partial charge in [0.05, 0.1) is 24.0 Å². The minimum atomic E-state index is 0.277. The van der Waals surface area contributed by atoms with E-state index in [2.05, 4.69) is 22.6 Å². The number of fused-ring (bicyclic) bond motifs is 1. The number of hydrogen-bond acceptors (Lipinski definition) is 4. The van der Waals surface area contributed by atoms with Crippen molar-refractivity contribution in [2.45, 2.75) is 32.9 Å². The highest BCUT2D eigenvalue weighted by molar-refractivity contribution is 5.13. The van der Waals surface area contributed by atoms with Crippen molar-refractivity contribution in [1.82, 2.24) is 20.3 Å². The fourth-order valence-electron chi connectivity index (χ4n) is 1.87. The largest absolute Gasteiger partial charge is 0.380 e. The van der Waals surface area contributed by atoms with Crippen LogP contribution in [0.5, 0.6) is 0 Å². The van der Waals surface area contributed by atoms with E-state index < -0.39 is 0 Å². The van der Waals surface area contributed by atoms with E-state index in [-0.39, 0.29) is 6.04 Å². The SMILES string of the molecule is CCOCC(C)n1nnc2c1CCNC2. The number of ether oxygens (including phenoxy) is 1. The molecule has 5 heteroatoms. The number of hydrogen-bond donors (Lipinski definition) is 1. The van der Waals surface area contributed by atoms with Crippen LogP contribution in [0.4, 0.5) is 0 Å². The lowest BCUT2D eigenvalue weighted by molar-refractivity contribution is 0.113. The van der Waals surface area contributed by atoms with E-state index in [4.69, 9.17) is 4.74 Å². The minimum absolute atomic E-state index is 0.277. The Labute approximate surface area is 89.8 Å². The van der Waals surface area contributed by atoms with Gasteiger partial charge in [0.2, 0.25) is 0 Å². The van der Waals surface area contributed by atoms with Crippen LogP contribution >= 0.6 is 0 Å². The summed E-state index contributed by atoms with van der Waals surface area (Å²) in [5.41, 5.74) is 2.35. The summed E-state index contributed by atoms with van der Waals surface area (Å²) < 4.78 is 7.41. The van der Waals surface area contributed by atoms with Crippen molar-refractivity contribution in [3.05, 3.63) is 11.4 Å². The summed E-state index contributed by atoms with van der Waals surface area (Å²) in [4.78, 5) is 0. The van der Waals surface area contributed by atoms with Gasteiger partial charge in [-0.25, -0.2) is 4.68 Å². The minimum Gasteiger partial charge on any atom is -0.380 e. The van der Waals surface area contributed by atoms with Crippen LogP contribution in [-0.2, 0) is 17.7 Å². The summed E-state index contributed by atoms with van der Waals surface area (Å²) in [7, 11) is 0. The molecule has 0 saturated heterocycles. The topological polar surface area (TPSA) is 52.0 Å². The second-order valence-corrected chi connectivity index (χ2v) is 3.86. The van der Waals surface area contributed by atoms with Gasteiger partial charge in [0, 0.05) is 26.1 Å². The molecule has 0 aromatic carbocycles. The number of nitrogens with zero attached hydrogens (tertiary/aromatic N) is 3. The van der Waals surface area contributed by atoms with Crippen LogP contribution in [0.25, 0.3) is 0 Å². The smallest absolute Gasteiger partial charge is 0.0997 e. The van der Waals surface area contributed by atoms with Crippen LogP contribution in [0.3, 0.4) is 0 Å². The summed E-state index contributed by atoms with van der Waals surface area (Å²) in [5.74, 6) is 0. The zero-order valence-corrected chi connectivity index (χ0v) is 9.36. The Morgan fingerprint density at radius 2 is 2.47 bits per heavy atom. The van der Waals surface area contributed by atoms with Crippen LogP contribution in [0, 0.1) is 0 Å². The van der Waals surface area contributed by atoms with Crippen molar-refractivity contribution in [2.75, 3.05) is 19.8 Å². The summed E-state index contributed by atoms with van der Waals surface area (Å²) in [5, 5.41) is 11.7. The molecule has 0 amide bonds. The molecule has 0 saturated carbocycles. The molecule has 0 radical (unpaired) electrons. The maximum Gasteiger partial charge on any atom is 0.0997 e. The summed E-state index contributed by atoms with van der Waals surface area (Å²) in [6, 6.07) is 0.277. The Hall–Kier alpha value is -0.940. The molecule has 1 unspecified atom stereocenters. The zero-order valence-electron chi connectivity index (χ0n) is 9.36. The van der Waals surface area contributed by atoms with Gasteiger partial charge in [0.25, 0.3) is 0 Å². The highest BCUT2D eigenvalue weighted by Gasteiger charge is 2.19. The van der Waals surface area contributed by atoms with Gasteiger partial charge in [-0.05, 0) is 13.8 Å². The van der Waals surface area contributed by atoms with Crippen LogP contribution in [0.15, 0.2) is 0 Å². The quantitative estimate of drug-likeness (QED) is 0.787. The zero-order chi connectivity index (χ0) is 10.7. The maximum absolute atomic E-state index is 5.41. The number of rotatable bonds is 4. The molecule has 2 heterocycles. The van der Waals surface area contributed by atoms with E-state index in [1.165, 1.54) is 5.69 Å². The van der Waals surface area contributed by atoms with Crippen LogP contribution in [0.2, 0.25) is 0 Å². The average molecular weight is 210 g/mol. The van der Waals surface area contributed by atoms with Crippen molar-refractivity contribution >= 4 is 0 Å². The Kier molecular flexibility index (Phi) is 3.33. The molecule has 84 valence electrons. The highest BCUT2D eigenvalue weighted by atomic mass is 16.5. The van der Waals surface area contributed by atoms with Crippen molar-refractivity contribution in [3.8, 4) is 0 Å². The van der Waals surface area contributed by atoms with E-state index >= 15 is 0 Å². The van der Waals surface area contributed by atoms with Crippen molar-refractivity contribution < 1.29 is 4.74 Å². The third kappa shape index (κ3) is 2.18. The summed E-state index contributed by atoms with van der Waals surface area (Å²) >= 11 is 0. The summed E-state index contributed by atoms with van der Waals surface area (Å²) in [6.45, 7) is 7.45. The number of nitrogens with one attached hydrogen (secondary N) is 1. The van der Waals surface area contributed by atoms with Crippen LogP contribution < -0.4 is 5.32 Å². The van der Waals surface area contributed by atoms with E-state index in [0.717, 1.165) is 31.8 Å². The van der Waals surface area contributed by atoms with Gasteiger partial charge in [-0.2, -0.15) is 0 Å². The normalized spacial score (nSPS) is 17.5. The Morgan fingerprint density at radius 1 is 1.60 bits per heavy atom. The first-order valence-electron chi connectivity index (χ1n) is 5.54. The molecule has 1 atom stereocenters. The Bertz CT molecular complexity index is 323. The van der Waals surface area contributed by atoms with Crippen molar-refractivity contribution in [2.24, 2.45) is 0 Å². The molecule has 1 N–H and O–H groups in total. The maximum atomic E-state index is 5.41. The third-order valence-corrected chi connectivity index (χ3v) is 2.68. The average Bonchev–Trinajstić information content (AvgIpc) is 2.69. The Balaban J connectivity index is 2.10. The lowest BCUT2D eigenvalue weighted by Crippen LogP contribution is -2.26. The molecule has 2 rings (SSSR count). The van der Waals surface area contributed by atoms with Crippen LogP contribution in [0.1, 0.15) is 31.3 Å². The molecular weight excluding hydrogens is 192 g/mol. The van der Waals surface area contributed by atoms with E-state index in [9.17, 15) is 0 Å². The molecule has 0 fully saturated rings. The van der Waals surface area contributed by atoms with Gasteiger partial charge < -0.3 is 10.1 Å². The lowest BCUT2D eigenvalue weighted by atomic mass is 10.1. The van der Waals surface area contributed by atoms with E-state index in [1.807, 2.05) is 11.6 Å². The van der Waals surface area contributed by atoms with Crippen LogP contribution in [-0.4, -0.2) is 34.8 Å². The molecule has 0 spiro atoms. The molecule has 1 aliphatic rings. The molecule has 15 heavy (non-hydrogen) atoms. The molecule has 1 aliphatic heterocycles. The van der Waals surface area contributed by atoms with Gasteiger partial charge in [-0.15, -0.1) is 5.10 Å². The van der Waals surface area contributed by atoms with Gasteiger partial charge >= 0.3 is 0 Å².